The number of urea groups is 1. The van der Waals surface area contributed by atoms with E-state index in [4.69, 9.17) is 0 Å². The van der Waals surface area contributed by atoms with Gasteiger partial charge in [0.2, 0.25) is 5.91 Å². The van der Waals surface area contributed by atoms with Crippen molar-refractivity contribution in [1.82, 2.24) is 10.6 Å². The topological polar surface area (TPSA) is 157 Å². The highest BCUT2D eigenvalue weighted by Crippen LogP contribution is 2.25. The summed E-state index contributed by atoms with van der Waals surface area (Å²) in [5, 5.41) is 28.8. The molecule has 3 N–H and O–H groups in total. The van der Waals surface area contributed by atoms with Crippen LogP contribution in [0.5, 0.6) is 0 Å². The fraction of sp³-hybridized carbons (Fsp3) is 0.429. The standard InChI is InChI=1S/C14H19N5O6/c1-8(2)4-12(13(20)15-3)17-14(21)16-9-5-10(18(22)23)7-11(6-9)19(24)25/h5-8,12H,4H2,1-3H3,(H,15,20)(H2,16,17,21)/t12-/m1/s1. The van der Waals surface area contributed by atoms with Crippen molar-refractivity contribution in [1.29, 1.82) is 0 Å². The maximum atomic E-state index is 12.0. The van der Waals surface area contributed by atoms with Gasteiger partial charge in [0.15, 0.2) is 0 Å². The van der Waals surface area contributed by atoms with E-state index in [1.165, 1.54) is 7.05 Å². The maximum absolute atomic E-state index is 12.0. The van der Waals surface area contributed by atoms with E-state index in [2.05, 4.69) is 16.0 Å². The SMILES string of the molecule is CNC(=O)[C@@H](CC(C)C)NC(=O)Nc1cc([N+](=O)[O-])cc([N+](=O)[O-])c1. The number of rotatable bonds is 7. The van der Waals surface area contributed by atoms with Crippen molar-refractivity contribution in [3.05, 3.63) is 38.4 Å². The van der Waals surface area contributed by atoms with E-state index in [0.29, 0.717) is 6.42 Å². The number of nitrogens with zero attached hydrogens (tertiary/aromatic N) is 2. The fourth-order valence-electron chi connectivity index (χ4n) is 2.08. The zero-order valence-corrected chi connectivity index (χ0v) is 13.9. The van der Waals surface area contributed by atoms with Crippen molar-refractivity contribution in [3.8, 4) is 0 Å². The zero-order valence-electron chi connectivity index (χ0n) is 13.9. The quantitative estimate of drug-likeness (QED) is 0.501. The average Bonchev–Trinajstić information content (AvgIpc) is 2.52. The van der Waals surface area contributed by atoms with Crippen molar-refractivity contribution in [3.63, 3.8) is 0 Å². The Morgan fingerprint density at radius 1 is 1.08 bits per heavy atom. The van der Waals surface area contributed by atoms with Crippen LogP contribution in [0.1, 0.15) is 20.3 Å². The number of hydrogen-bond acceptors (Lipinski definition) is 6. The lowest BCUT2D eigenvalue weighted by molar-refractivity contribution is -0.394. The van der Waals surface area contributed by atoms with Crippen molar-refractivity contribution < 1.29 is 19.4 Å². The summed E-state index contributed by atoms with van der Waals surface area (Å²) in [7, 11) is 1.43. The van der Waals surface area contributed by atoms with Crippen LogP contribution < -0.4 is 16.0 Å². The molecule has 0 bridgehead atoms. The summed E-state index contributed by atoms with van der Waals surface area (Å²) in [6.45, 7) is 3.75. The molecule has 11 heteroatoms. The Balaban J connectivity index is 2.96. The zero-order chi connectivity index (χ0) is 19.1. The summed E-state index contributed by atoms with van der Waals surface area (Å²) in [6.07, 6.45) is 0.377. The normalized spacial score (nSPS) is 11.5. The number of non-ortho nitro benzene ring substituents is 2. The molecule has 0 aromatic heterocycles. The van der Waals surface area contributed by atoms with E-state index >= 15 is 0 Å². The van der Waals surface area contributed by atoms with E-state index in [1.807, 2.05) is 13.8 Å². The molecule has 0 heterocycles. The Morgan fingerprint density at radius 2 is 1.60 bits per heavy atom. The lowest BCUT2D eigenvalue weighted by Gasteiger charge is -2.19. The van der Waals surface area contributed by atoms with Crippen molar-refractivity contribution in [2.24, 2.45) is 5.92 Å². The number of carbonyl (C=O) groups is 2. The van der Waals surface area contributed by atoms with Gasteiger partial charge in [-0.1, -0.05) is 13.8 Å². The summed E-state index contributed by atoms with van der Waals surface area (Å²) >= 11 is 0. The number of amides is 3. The van der Waals surface area contributed by atoms with Gasteiger partial charge in [-0.25, -0.2) is 4.79 Å². The van der Waals surface area contributed by atoms with Gasteiger partial charge in [0.25, 0.3) is 11.4 Å². The van der Waals surface area contributed by atoms with Crippen LogP contribution in [-0.4, -0.2) is 34.9 Å². The molecular formula is C14H19N5O6. The monoisotopic (exact) mass is 353 g/mol. The Labute approximate surface area is 143 Å². The minimum Gasteiger partial charge on any atom is -0.357 e. The second-order valence-electron chi connectivity index (χ2n) is 5.65. The molecule has 1 atom stereocenters. The van der Waals surface area contributed by atoms with Crippen LogP contribution in [0.4, 0.5) is 21.9 Å². The first-order valence-electron chi connectivity index (χ1n) is 7.37. The Bertz CT molecular complexity index is 658. The summed E-state index contributed by atoms with van der Waals surface area (Å²) in [5.74, 6) is -0.268. The first kappa shape index (κ1) is 19.8. The van der Waals surface area contributed by atoms with Crippen LogP contribution >= 0.6 is 0 Å². The number of nitro groups is 2. The van der Waals surface area contributed by atoms with Crippen LogP contribution in [0.2, 0.25) is 0 Å². The molecule has 0 fully saturated rings. The molecule has 0 unspecified atom stereocenters. The number of nitro benzene ring substituents is 2. The molecule has 0 spiro atoms. The van der Waals surface area contributed by atoms with Crippen LogP contribution in [-0.2, 0) is 4.79 Å². The lowest BCUT2D eigenvalue weighted by atomic mass is 10.0. The number of carbonyl (C=O) groups excluding carboxylic acids is 2. The second kappa shape index (κ2) is 8.57. The number of hydrogen-bond donors (Lipinski definition) is 3. The van der Waals surface area contributed by atoms with E-state index in [-0.39, 0.29) is 11.6 Å². The largest absolute Gasteiger partial charge is 0.357 e. The predicted octanol–water partition coefficient (Wildman–Crippen LogP) is 1.79. The Kier molecular flexibility index (Phi) is 6.79. The van der Waals surface area contributed by atoms with E-state index in [1.54, 1.807) is 0 Å². The Hall–Kier alpha value is -3.24. The molecule has 3 amide bonds. The van der Waals surface area contributed by atoms with Gasteiger partial charge in [0, 0.05) is 19.2 Å². The minimum absolute atomic E-state index is 0.126. The van der Waals surface area contributed by atoms with Gasteiger partial charge in [0.05, 0.1) is 21.6 Å². The summed E-state index contributed by atoms with van der Waals surface area (Å²) in [5.41, 5.74) is -1.19. The van der Waals surface area contributed by atoms with Crippen molar-refractivity contribution in [2.45, 2.75) is 26.3 Å². The van der Waals surface area contributed by atoms with Crippen LogP contribution in [0.3, 0.4) is 0 Å². The van der Waals surface area contributed by atoms with Gasteiger partial charge >= 0.3 is 6.03 Å². The summed E-state index contributed by atoms with van der Waals surface area (Å²) in [6, 6.07) is 1.16. The van der Waals surface area contributed by atoms with E-state index < -0.39 is 39.2 Å². The third-order valence-corrected chi connectivity index (χ3v) is 3.16. The highest BCUT2D eigenvalue weighted by molar-refractivity contribution is 5.94. The molecule has 0 aliphatic rings. The molecule has 0 radical (unpaired) electrons. The third kappa shape index (κ3) is 6.05. The highest BCUT2D eigenvalue weighted by Gasteiger charge is 2.22. The molecule has 0 aliphatic heterocycles. The van der Waals surface area contributed by atoms with Gasteiger partial charge < -0.3 is 16.0 Å². The van der Waals surface area contributed by atoms with Crippen LogP contribution in [0.15, 0.2) is 18.2 Å². The summed E-state index contributed by atoms with van der Waals surface area (Å²) in [4.78, 5) is 43.9. The van der Waals surface area contributed by atoms with E-state index in [0.717, 1.165) is 18.2 Å². The lowest BCUT2D eigenvalue weighted by Crippen LogP contribution is -2.47. The number of nitrogens with one attached hydrogen (secondary N) is 3. The Morgan fingerprint density at radius 3 is 2.00 bits per heavy atom. The van der Waals surface area contributed by atoms with Gasteiger partial charge in [-0.15, -0.1) is 0 Å². The molecule has 136 valence electrons. The molecule has 1 rings (SSSR count). The van der Waals surface area contributed by atoms with Gasteiger partial charge in [0.1, 0.15) is 6.04 Å². The fourth-order valence-corrected chi connectivity index (χ4v) is 2.08. The van der Waals surface area contributed by atoms with E-state index in [9.17, 15) is 29.8 Å². The smallest absolute Gasteiger partial charge is 0.319 e. The predicted molar refractivity (Wildman–Crippen MR) is 89.2 cm³/mol. The summed E-state index contributed by atoms with van der Waals surface area (Å²) < 4.78 is 0. The highest BCUT2D eigenvalue weighted by atomic mass is 16.6. The maximum Gasteiger partial charge on any atom is 0.319 e. The molecule has 25 heavy (non-hydrogen) atoms. The molecule has 0 aliphatic carbocycles. The average molecular weight is 353 g/mol. The van der Waals surface area contributed by atoms with Gasteiger partial charge in [-0.05, 0) is 12.3 Å². The number of anilines is 1. The van der Waals surface area contributed by atoms with Crippen LogP contribution in [0, 0.1) is 26.1 Å². The van der Waals surface area contributed by atoms with Crippen molar-refractivity contribution in [2.75, 3.05) is 12.4 Å². The number of benzene rings is 1. The third-order valence-electron chi connectivity index (χ3n) is 3.16. The first-order chi connectivity index (χ1) is 11.6. The second-order valence-corrected chi connectivity index (χ2v) is 5.65. The molecule has 1 aromatic carbocycles. The molecule has 0 saturated heterocycles. The van der Waals surface area contributed by atoms with Gasteiger partial charge in [-0.2, -0.15) is 0 Å². The molecule has 0 saturated carbocycles. The number of likely N-dealkylation sites (N-methyl/N-ethyl adjacent to an activating group) is 1. The first-order valence-corrected chi connectivity index (χ1v) is 7.37. The van der Waals surface area contributed by atoms with Gasteiger partial charge in [-0.3, -0.25) is 25.0 Å². The molecule has 1 aromatic rings. The minimum atomic E-state index is -0.807. The molecular weight excluding hydrogens is 334 g/mol. The van der Waals surface area contributed by atoms with Crippen LogP contribution in [0.25, 0.3) is 0 Å². The molecule has 11 nitrogen and oxygen atoms in total. The van der Waals surface area contributed by atoms with Crippen molar-refractivity contribution >= 4 is 29.0 Å².